The van der Waals surface area contributed by atoms with E-state index in [-0.39, 0.29) is 23.1 Å². The number of halogens is 1. The lowest BCUT2D eigenvalue weighted by molar-refractivity contribution is -0.135. The third kappa shape index (κ3) is 6.73. The number of amides is 1. The zero-order valence-electron chi connectivity index (χ0n) is 18.6. The molecule has 0 atom stereocenters. The number of rotatable bonds is 10. The second-order valence-electron chi connectivity index (χ2n) is 7.31. The molecule has 0 aliphatic rings. The van der Waals surface area contributed by atoms with Crippen LogP contribution in [0.4, 0.5) is 0 Å². The predicted octanol–water partition coefficient (Wildman–Crippen LogP) is 4.79. The van der Waals surface area contributed by atoms with Crippen molar-refractivity contribution in [3.63, 3.8) is 0 Å². The third-order valence-electron chi connectivity index (χ3n) is 5.08. The average molecular weight is 468 g/mol. The van der Waals surface area contributed by atoms with E-state index in [0.717, 1.165) is 11.1 Å². The molecule has 0 bridgehead atoms. The molecule has 0 spiro atoms. The van der Waals surface area contributed by atoms with Crippen molar-refractivity contribution in [3.8, 4) is 11.5 Å². The lowest BCUT2D eigenvalue weighted by Gasteiger charge is -2.23. The van der Waals surface area contributed by atoms with E-state index in [0.29, 0.717) is 31.0 Å². The molecule has 33 heavy (non-hydrogen) atoms. The summed E-state index contributed by atoms with van der Waals surface area (Å²) < 4.78 is 15.7. The van der Waals surface area contributed by atoms with E-state index in [1.807, 2.05) is 60.7 Å². The van der Waals surface area contributed by atoms with Gasteiger partial charge in [-0.3, -0.25) is 4.79 Å². The number of methoxy groups -OCH3 is 2. The second kappa shape index (κ2) is 11.9. The van der Waals surface area contributed by atoms with Gasteiger partial charge in [0.25, 0.3) is 5.91 Å². The summed E-state index contributed by atoms with van der Waals surface area (Å²) in [7, 11) is 2.90. The average Bonchev–Trinajstić information content (AvgIpc) is 2.85. The van der Waals surface area contributed by atoms with Gasteiger partial charge in [-0.1, -0.05) is 72.3 Å². The van der Waals surface area contributed by atoms with Crippen LogP contribution in [0.25, 0.3) is 0 Å². The van der Waals surface area contributed by atoms with E-state index in [9.17, 15) is 9.59 Å². The fourth-order valence-electron chi connectivity index (χ4n) is 3.34. The largest absolute Gasteiger partial charge is 0.493 e. The van der Waals surface area contributed by atoms with Gasteiger partial charge in [-0.25, -0.2) is 4.79 Å². The molecule has 0 heterocycles. The Balaban J connectivity index is 1.68. The molecule has 3 aromatic rings. The summed E-state index contributed by atoms with van der Waals surface area (Å²) in [6.45, 7) is 0.538. The van der Waals surface area contributed by atoms with Crippen molar-refractivity contribution in [2.24, 2.45) is 0 Å². The van der Waals surface area contributed by atoms with Crippen molar-refractivity contribution < 1.29 is 23.8 Å². The molecule has 1 amide bonds. The van der Waals surface area contributed by atoms with Gasteiger partial charge < -0.3 is 19.1 Å². The van der Waals surface area contributed by atoms with Gasteiger partial charge in [0.05, 0.1) is 24.8 Å². The zero-order valence-corrected chi connectivity index (χ0v) is 19.4. The first-order chi connectivity index (χ1) is 16.0. The smallest absolute Gasteiger partial charge is 0.338 e. The van der Waals surface area contributed by atoms with Gasteiger partial charge >= 0.3 is 5.97 Å². The number of carbonyl (C=O) groups excluding carboxylic acids is 2. The highest BCUT2D eigenvalue weighted by molar-refractivity contribution is 6.32. The molecule has 0 fully saturated rings. The Bertz CT molecular complexity index is 1070. The van der Waals surface area contributed by atoms with Crippen LogP contribution in [0.1, 0.15) is 21.5 Å². The number of esters is 1. The van der Waals surface area contributed by atoms with E-state index < -0.39 is 5.97 Å². The first-order valence-corrected chi connectivity index (χ1v) is 10.8. The van der Waals surface area contributed by atoms with Crippen LogP contribution in [0.5, 0.6) is 11.5 Å². The van der Waals surface area contributed by atoms with Crippen molar-refractivity contribution in [3.05, 3.63) is 94.5 Å². The normalized spacial score (nSPS) is 10.4. The Morgan fingerprint density at radius 1 is 0.879 bits per heavy atom. The van der Waals surface area contributed by atoms with E-state index in [1.165, 1.54) is 26.4 Å². The highest BCUT2D eigenvalue weighted by Crippen LogP contribution is 2.36. The Kier molecular flexibility index (Phi) is 8.72. The molecule has 172 valence electrons. The van der Waals surface area contributed by atoms with E-state index in [4.69, 9.17) is 25.8 Å². The van der Waals surface area contributed by atoms with Gasteiger partial charge in [0.1, 0.15) is 0 Å². The maximum atomic E-state index is 13.0. The van der Waals surface area contributed by atoms with Gasteiger partial charge in [-0.15, -0.1) is 0 Å². The van der Waals surface area contributed by atoms with E-state index in [2.05, 4.69) is 0 Å². The van der Waals surface area contributed by atoms with Gasteiger partial charge in [0.15, 0.2) is 18.1 Å². The van der Waals surface area contributed by atoms with Crippen LogP contribution in [0.2, 0.25) is 5.02 Å². The van der Waals surface area contributed by atoms with Crippen molar-refractivity contribution in [1.82, 2.24) is 4.90 Å². The second-order valence-corrected chi connectivity index (χ2v) is 7.71. The van der Waals surface area contributed by atoms with Crippen LogP contribution >= 0.6 is 11.6 Å². The summed E-state index contributed by atoms with van der Waals surface area (Å²) in [6, 6.07) is 22.5. The molecule has 3 rings (SSSR count). The van der Waals surface area contributed by atoms with Crippen LogP contribution in [-0.4, -0.2) is 44.1 Å². The van der Waals surface area contributed by atoms with Crippen molar-refractivity contribution in [1.29, 1.82) is 0 Å². The predicted molar refractivity (Wildman–Crippen MR) is 127 cm³/mol. The van der Waals surface area contributed by atoms with Crippen LogP contribution in [-0.2, 0) is 22.5 Å². The summed E-state index contributed by atoms with van der Waals surface area (Å²) >= 11 is 6.17. The number of nitrogens with zero attached hydrogens (tertiary/aromatic N) is 1. The highest BCUT2D eigenvalue weighted by Gasteiger charge is 2.20. The van der Waals surface area contributed by atoms with Gasteiger partial charge in [0.2, 0.25) is 0 Å². The summed E-state index contributed by atoms with van der Waals surface area (Å²) in [6.07, 6.45) is 0.693. The molecule has 6 nitrogen and oxygen atoms in total. The quantitative estimate of drug-likeness (QED) is 0.401. The first kappa shape index (κ1) is 24.1. The molecule has 0 N–H and O–H groups in total. The molecule has 0 saturated carbocycles. The summed E-state index contributed by atoms with van der Waals surface area (Å²) in [5, 5.41) is 0.212. The molecule has 3 aromatic carbocycles. The SMILES string of the molecule is COc1cc(C(=O)OCC(=O)N(CCc2ccccc2)Cc2ccccc2)cc(Cl)c1OC. The van der Waals surface area contributed by atoms with Gasteiger partial charge in [0, 0.05) is 13.1 Å². The maximum Gasteiger partial charge on any atom is 0.338 e. The Labute approximate surface area is 198 Å². The number of carbonyl (C=O) groups is 2. The van der Waals surface area contributed by atoms with Crippen LogP contribution < -0.4 is 9.47 Å². The number of hydrogen-bond acceptors (Lipinski definition) is 5. The van der Waals surface area contributed by atoms with E-state index >= 15 is 0 Å². The van der Waals surface area contributed by atoms with Gasteiger partial charge in [-0.2, -0.15) is 0 Å². The monoisotopic (exact) mass is 467 g/mol. The molecule has 7 heteroatoms. The molecule has 0 aliphatic carbocycles. The molecule has 0 radical (unpaired) electrons. The van der Waals surface area contributed by atoms with Crippen molar-refractivity contribution in [2.45, 2.75) is 13.0 Å². The molecule has 0 saturated heterocycles. The molecular weight excluding hydrogens is 442 g/mol. The maximum absolute atomic E-state index is 13.0. The highest BCUT2D eigenvalue weighted by atomic mass is 35.5. The van der Waals surface area contributed by atoms with Crippen molar-refractivity contribution >= 4 is 23.5 Å². The molecule has 0 aliphatic heterocycles. The zero-order chi connectivity index (χ0) is 23.6. The molecular formula is C26H26ClNO5. The summed E-state index contributed by atoms with van der Waals surface area (Å²) in [5.41, 5.74) is 2.29. The summed E-state index contributed by atoms with van der Waals surface area (Å²) in [5.74, 6) is -0.331. The standard InChI is InChI=1S/C26H26ClNO5/c1-31-23-16-21(15-22(27)25(23)32-2)26(30)33-18-24(29)28(17-20-11-7-4-8-12-20)14-13-19-9-5-3-6-10-19/h3-12,15-16H,13-14,17-18H2,1-2H3. The lowest BCUT2D eigenvalue weighted by Crippen LogP contribution is -2.35. The van der Waals surface area contributed by atoms with Crippen LogP contribution in [0.15, 0.2) is 72.8 Å². The number of hydrogen-bond donors (Lipinski definition) is 0. The molecule has 0 unspecified atom stereocenters. The van der Waals surface area contributed by atoms with E-state index in [1.54, 1.807) is 4.90 Å². The minimum atomic E-state index is -0.672. The minimum Gasteiger partial charge on any atom is -0.493 e. The number of ether oxygens (including phenoxy) is 3. The Hall–Kier alpha value is -3.51. The Morgan fingerprint density at radius 3 is 2.12 bits per heavy atom. The minimum absolute atomic E-state index is 0.171. The third-order valence-corrected chi connectivity index (χ3v) is 5.36. The number of benzene rings is 3. The fraction of sp³-hybridized carbons (Fsp3) is 0.231. The fourth-order valence-corrected chi connectivity index (χ4v) is 3.63. The summed E-state index contributed by atoms with van der Waals surface area (Å²) in [4.78, 5) is 27.2. The topological polar surface area (TPSA) is 65.1 Å². The lowest BCUT2D eigenvalue weighted by atomic mass is 10.1. The molecule has 0 aromatic heterocycles. The van der Waals surface area contributed by atoms with Crippen molar-refractivity contribution in [2.75, 3.05) is 27.4 Å². The van der Waals surface area contributed by atoms with Crippen LogP contribution in [0, 0.1) is 0 Å². The Morgan fingerprint density at radius 2 is 1.52 bits per heavy atom. The van der Waals surface area contributed by atoms with Gasteiger partial charge in [-0.05, 0) is 29.7 Å². The first-order valence-electron chi connectivity index (χ1n) is 10.5. The van der Waals surface area contributed by atoms with Crippen LogP contribution in [0.3, 0.4) is 0 Å².